The summed E-state index contributed by atoms with van der Waals surface area (Å²) in [7, 11) is 0. The Kier molecular flexibility index (Phi) is 2.65. The Bertz CT molecular complexity index is 363. The lowest BCUT2D eigenvalue weighted by Gasteiger charge is -2.10. The highest BCUT2D eigenvalue weighted by Gasteiger charge is 2.21. The molecule has 14 heavy (non-hydrogen) atoms. The maximum absolute atomic E-state index is 9.19. The molecule has 0 amide bonds. The van der Waals surface area contributed by atoms with Crippen LogP contribution in [0.4, 0.5) is 0 Å². The lowest BCUT2D eigenvalue weighted by atomic mass is 10.0. The van der Waals surface area contributed by atoms with Crippen LogP contribution in [0.1, 0.15) is 18.1 Å². The highest BCUT2D eigenvalue weighted by atomic mass is 79.9. The monoisotopic (exact) mass is 258 g/mol. The third-order valence-corrected chi connectivity index (χ3v) is 3.16. The third kappa shape index (κ3) is 1.38. The van der Waals surface area contributed by atoms with Crippen LogP contribution in [0.3, 0.4) is 0 Å². The zero-order valence-corrected chi connectivity index (χ0v) is 9.43. The molecular formula is C10H11BrO3. The van der Waals surface area contributed by atoms with Crippen LogP contribution < -0.4 is 9.47 Å². The van der Waals surface area contributed by atoms with Crippen molar-refractivity contribution < 1.29 is 14.6 Å². The predicted octanol–water partition coefficient (Wildman–Crippen LogP) is 2.23. The van der Waals surface area contributed by atoms with Gasteiger partial charge in [0.25, 0.3) is 0 Å². The largest absolute Gasteiger partial charge is 0.454 e. The van der Waals surface area contributed by atoms with Crippen LogP contribution >= 0.6 is 15.9 Å². The van der Waals surface area contributed by atoms with Crippen molar-refractivity contribution in [1.29, 1.82) is 0 Å². The van der Waals surface area contributed by atoms with Crippen molar-refractivity contribution in [2.75, 3.05) is 6.79 Å². The molecule has 2 rings (SSSR count). The summed E-state index contributed by atoms with van der Waals surface area (Å²) in [5, 5.41) is 9.19. The minimum atomic E-state index is 0.0262. The Morgan fingerprint density at radius 3 is 2.93 bits per heavy atom. The van der Waals surface area contributed by atoms with Crippen molar-refractivity contribution in [2.45, 2.75) is 20.0 Å². The van der Waals surface area contributed by atoms with E-state index in [-0.39, 0.29) is 13.4 Å². The zero-order chi connectivity index (χ0) is 10.1. The van der Waals surface area contributed by atoms with E-state index < -0.39 is 0 Å². The van der Waals surface area contributed by atoms with E-state index in [1.807, 2.05) is 13.0 Å². The average Bonchev–Trinajstić information content (AvgIpc) is 2.65. The van der Waals surface area contributed by atoms with Crippen LogP contribution in [0.15, 0.2) is 10.5 Å². The minimum Gasteiger partial charge on any atom is -0.454 e. The van der Waals surface area contributed by atoms with Crippen molar-refractivity contribution >= 4 is 15.9 Å². The number of halogens is 1. The fourth-order valence-corrected chi connectivity index (χ4v) is 2.46. The molecular weight excluding hydrogens is 248 g/mol. The lowest BCUT2D eigenvalue weighted by molar-refractivity contribution is 0.173. The first-order valence-electron chi connectivity index (χ1n) is 4.48. The molecule has 0 fully saturated rings. The number of ether oxygens (including phenoxy) is 2. The van der Waals surface area contributed by atoms with Crippen LogP contribution in [-0.4, -0.2) is 11.9 Å². The molecule has 1 aliphatic rings. The molecule has 3 nitrogen and oxygen atoms in total. The molecule has 76 valence electrons. The number of rotatable bonds is 2. The van der Waals surface area contributed by atoms with Gasteiger partial charge in [0.1, 0.15) is 0 Å². The number of aliphatic hydroxyl groups is 1. The van der Waals surface area contributed by atoms with E-state index in [2.05, 4.69) is 15.9 Å². The van der Waals surface area contributed by atoms with Gasteiger partial charge in [-0.1, -0.05) is 6.92 Å². The second-order valence-electron chi connectivity index (χ2n) is 3.07. The zero-order valence-electron chi connectivity index (χ0n) is 7.84. The van der Waals surface area contributed by atoms with E-state index >= 15 is 0 Å². The van der Waals surface area contributed by atoms with Gasteiger partial charge in [-0.15, -0.1) is 0 Å². The van der Waals surface area contributed by atoms with Crippen molar-refractivity contribution in [2.24, 2.45) is 0 Å². The Hall–Kier alpha value is -0.740. The molecule has 0 aromatic heterocycles. The van der Waals surface area contributed by atoms with E-state index in [1.165, 1.54) is 0 Å². The summed E-state index contributed by atoms with van der Waals surface area (Å²) in [6.07, 6.45) is 0.854. The molecule has 4 heteroatoms. The van der Waals surface area contributed by atoms with Gasteiger partial charge in [-0.25, -0.2) is 0 Å². The molecule has 1 heterocycles. The first kappa shape index (κ1) is 9.80. The molecule has 0 unspecified atom stereocenters. The summed E-state index contributed by atoms with van der Waals surface area (Å²) < 4.78 is 11.5. The normalized spacial score (nSPS) is 13.4. The molecule has 0 spiro atoms. The number of hydrogen-bond donors (Lipinski definition) is 1. The fourth-order valence-electron chi connectivity index (χ4n) is 1.61. The van der Waals surface area contributed by atoms with Gasteiger partial charge >= 0.3 is 0 Å². The van der Waals surface area contributed by atoms with Crippen LogP contribution in [0.25, 0.3) is 0 Å². The molecule has 0 saturated heterocycles. The highest BCUT2D eigenvalue weighted by Crippen LogP contribution is 2.43. The molecule has 1 N–H and O–H groups in total. The topological polar surface area (TPSA) is 38.7 Å². The van der Waals surface area contributed by atoms with Crippen LogP contribution in [0, 0.1) is 0 Å². The Morgan fingerprint density at radius 1 is 1.50 bits per heavy atom. The lowest BCUT2D eigenvalue weighted by Crippen LogP contribution is -1.95. The van der Waals surface area contributed by atoms with E-state index in [1.54, 1.807) is 0 Å². The first-order valence-corrected chi connectivity index (χ1v) is 5.28. The number of hydrogen-bond acceptors (Lipinski definition) is 3. The summed E-state index contributed by atoms with van der Waals surface area (Å²) in [6.45, 7) is 2.33. The minimum absolute atomic E-state index is 0.0262. The van der Waals surface area contributed by atoms with E-state index in [0.717, 1.165) is 27.8 Å². The first-order chi connectivity index (χ1) is 6.77. The van der Waals surface area contributed by atoms with Gasteiger partial charge < -0.3 is 14.6 Å². The van der Waals surface area contributed by atoms with Gasteiger partial charge in [-0.3, -0.25) is 0 Å². The quantitative estimate of drug-likeness (QED) is 0.885. The smallest absolute Gasteiger partial charge is 0.231 e. The van der Waals surface area contributed by atoms with Gasteiger partial charge in [-0.2, -0.15) is 0 Å². The van der Waals surface area contributed by atoms with E-state index in [4.69, 9.17) is 9.47 Å². The highest BCUT2D eigenvalue weighted by molar-refractivity contribution is 9.10. The number of fused-ring (bicyclic) bond motifs is 1. The average molecular weight is 259 g/mol. The van der Waals surface area contributed by atoms with Gasteiger partial charge in [0.2, 0.25) is 6.79 Å². The van der Waals surface area contributed by atoms with E-state index in [9.17, 15) is 5.11 Å². The molecule has 1 aromatic rings. The molecule has 1 aromatic carbocycles. The van der Waals surface area contributed by atoms with Crippen molar-refractivity contribution in [1.82, 2.24) is 0 Å². The van der Waals surface area contributed by atoms with Crippen molar-refractivity contribution in [3.05, 3.63) is 21.7 Å². The summed E-state index contributed by atoms with van der Waals surface area (Å²) in [5.41, 5.74) is 1.97. The number of benzene rings is 1. The second-order valence-corrected chi connectivity index (χ2v) is 3.87. The van der Waals surface area contributed by atoms with E-state index in [0.29, 0.717) is 5.75 Å². The Labute approximate surface area is 90.8 Å². The molecule has 0 aliphatic carbocycles. The Morgan fingerprint density at radius 2 is 2.29 bits per heavy atom. The van der Waals surface area contributed by atoms with Crippen LogP contribution in [-0.2, 0) is 13.0 Å². The molecule has 1 aliphatic heterocycles. The van der Waals surface area contributed by atoms with Gasteiger partial charge in [0.15, 0.2) is 11.5 Å². The second kappa shape index (κ2) is 3.79. The molecule has 0 radical (unpaired) electrons. The third-order valence-electron chi connectivity index (χ3n) is 2.32. The maximum Gasteiger partial charge on any atom is 0.231 e. The summed E-state index contributed by atoms with van der Waals surface area (Å²) in [4.78, 5) is 0. The van der Waals surface area contributed by atoms with Crippen LogP contribution in [0.2, 0.25) is 0 Å². The molecule has 0 atom stereocenters. The van der Waals surface area contributed by atoms with Crippen molar-refractivity contribution in [3.8, 4) is 11.5 Å². The standard InChI is InChI=1S/C10H11BrO3/c1-2-7-6(4-12)3-8-10(9(7)11)14-5-13-8/h3,12H,2,4-5H2,1H3. The molecule has 0 saturated carbocycles. The summed E-state index contributed by atoms with van der Waals surface area (Å²) in [6, 6.07) is 1.84. The van der Waals surface area contributed by atoms with Crippen LogP contribution in [0.5, 0.6) is 11.5 Å². The fraction of sp³-hybridized carbons (Fsp3) is 0.400. The summed E-state index contributed by atoms with van der Waals surface area (Å²) >= 11 is 3.47. The molecule has 0 bridgehead atoms. The Balaban J connectivity index is 2.60. The maximum atomic E-state index is 9.19. The number of aliphatic hydroxyl groups excluding tert-OH is 1. The van der Waals surface area contributed by atoms with Crippen molar-refractivity contribution in [3.63, 3.8) is 0 Å². The summed E-state index contributed by atoms with van der Waals surface area (Å²) in [5.74, 6) is 1.46. The predicted molar refractivity (Wildman–Crippen MR) is 55.6 cm³/mol. The van der Waals surface area contributed by atoms with Gasteiger partial charge in [-0.05, 0) is 39.5 Å². The van der Waals surface area contributed by atoms with Gasteiger partial charge in [0, 0.05) is 0 Å². The van der Waals surface area contributed by atoms with Gasteiger partial charge in [0.05, 0.1) is 11.1 Å². The SMILES string of the molecule is CCc1c(CO)cc2c(c1Br)OCO2.